The SMILES string of the molecule is C=C(CC(C)(C(=O)OC)c1cccc(Br)c1)c1ccccc1. The summed E-state index contributed by atoms with van der Waals surface area (Å²) in [5, 5.41) is 0. The number of rotatable bonds is 5. The molecule has 0 radical (unpaired) electrons. The van der Waals surface area contributed by atoms with Crippen molar-refractivity contribution in [2.45, 2.75) is 18.8 Å². The van der Waals surface area contributed by atoms with Crippen molar-refractivity contribution in [2.24, 2.45) is 0 Å². The molecule has 0 fully saturated rings. The second-order valence-electron chi connectivity index (χ2n) is 5.48. The van der Waals surface area contributed by atoms with E-state index in [1.165, 1.54) is 7.11 Å². The van der Waals surface area contributed by atoms with Crippen LogP contribution in [0.2, 0.25) is 0 Å². The van der Waals surface area contributed by atoms with Crippen molar-refractivity contribution >= 4 is 27.5 Å². The van der Waals surface area contributed by atoms with E-state index in [4.69, 9.17) is 4.74 Å². The van der Waals surface area contributed by atoms with Gasteiger partial charge in [0.25, 0.3) is 0 Å². The zero-order chi connectivity index (χ0) is 16.2. The molecule has 0 N–H and O–H groups in total. The lowest BCUT2D eigenvalue weighted by Gasteiger charge is -2.28. The molecule has 0 saturated carbocycles. The molecule has 2 aromatic carbocycles. The van der Waals surface area contributed by atoms with Gasteiger partial charge < -0.3 is 4.74 Å². The number of ether oxygens (including phenoxy) is 1. The van der Waals surface area contributed by atoms with Crippen molar-refractivity contribution in [1.29, 1.82) is 0 Å². The van der Waals surface area contributed by atoms with Crippen LogP contribution in [0.3, 0.4) is 0 Å². The van der Waals surface area contributed by atoms with E-state index in [1.54, 1.807) is 0 Å². The van der Waals surface area contributed by atoms with Gasteiger partial charge in [0.05, 0.1) is 12.5 Å². The molecule has 3 heteroatoms. The Morgan fingerprint density at radius 2 is 1.86 bits per heavy atom. The van der Waals surface area contributed by atoms with Crippen LogP contribution in [0.4, 0.5) is 0 Å². The predicted molar refractivity (Wildman–Crippen MR) is 93.6 cm³/mol. The van der Waals surface area contributed by atoms with Gasteiger partial charge in [-0.1, -0.05) is 65.0 Å². The van der Waals surface area contributed by atoms with Crippen LogP contribution in [-0.2, 0) is 14.9 Å². The summed E-state index contributed by atoms with van der Waals surface area (Å²) in [6.07, 6.45) is 0.500. The third kappa shape index (κ3) is 3.47. The van der Waals surface area contributed by atoms with Gasteiger partial charge in [0, 0.05) is 4.47 Å². The largest absolute Gasteiger partial charge is 0.468 e. The normalized spacial score (nSPS) is 13.2. The van der Waals surface area contributed by atoms with E-state index >= 15 is 0 Å². The van der Waals surface area contributed by atoms with Crippen molar-refractivity contribution in [3.05, 3.63) is 76.8 Å². The topological polar surface area (TPSA) is 26.3 Å². The van der Waals surface area contributed by atoms with Crippen LogP contribution in [0.25, 0.3) is 5.57 Å². The van der Waals surface area contributed by atoms with Crippen LogP contribution in [0.1, 0.15) is 24.5 Å². The average molecular weight is 359 g/mol. The van der Waals surface area contributed by atoms with Crippen molar-refractivity contribution in [3.8, 4) is 0 Å². The number of esters is 1. The summed E-state index contributed by atoms with van der Waals surface area (Å²) in [5.41, 5.74) is 2.08. The first-order valence-electron chi connectivity index (χ1n) is 7.05. The number of hydrogen-bond donors (Lipinski definition) is 0. The third-order valence-electron chi connectivity index (χ3n) is 3.85. The van der Waals surface area contributed by atoms with Gasteiger partial charge in [0.15, 0.2) is 0 Å². The molecule has 2 aromatic rings. The molecule has 0 aromatic heterocycles. The van der Waals surface area contributed by atoms with Gasteiger partial charge >= 0.3 is 5.97 Å². The summed E-state index contributed by atoms with van der Waals surface area (Å²) in [6.45, 7) is 6.05. The molecule has 0 saturated heterocycles. The molecular weight excluding hydrogens is 340 g/mol. The number of allylic oxidation sites excluding steroid dienone is 1. The molecule has 114 valence electrons. The van der Waals surface area contributed by atoms with E-state index < -0.39 is 5.41 Å². The van der Waals surface area contributed by atoms with Crippen molar-refractivity contribution in [2.75, 3.05) is 7.11 Å². The number of methoxy groups -OCH3 is 1. The monoisotopic (exact) mass is 358 g/mol. The van der Waals surface area contributed by atoms with Crippen molar-refractivity contribution in [3.63, 3.8) is 0 Å². The molecule has 2 nitrogen and oxygen atoms in total. The second kappa shape index (κ2) is 6.93. The van der Waals surface area contributed by atoms with E-state index in [-0.39, 0.29) is 5.97 Å². The first-order chi connectivity index (χ1) is 10.5. The molecule has 0 aliphatic heterocycles. The van der Waals surface area contributed by atoms with Gasteiger partial charge in [0.1, 0.15) is 0 Å². The molecule has 0 bridgehead atoms. The van der Waals surface area contributed by atoms with Gasteiger partial charge in [-0.05, 0) is 42.2 Å². The lowest BCUT2D eigenvalue weighted by Crippen LogP contribution is -2.34. The van der Waals surface area contributed by atoms with Gasteiger partial charge in [-0.25, -0.2) is 0 Å². The van der Waals surface area contributed by atoms with E-state index in [2.05, 4.69) is 22.5 Å². The van der Waals surface area contributed by atoms with Crippen LogP contribution in [0.5, 0.6) is 0 Å². The van der Waals surface area contributed by atoms with Crippen molar-refractivity contribution < 1.29 is 9.53 Å². The molecule has 0 aliphatic carbocycles. The van der Waals surface area contributed by atoms with Crippen LogP contribution >= 0.6 is 15.9 Å². The van der Waals surface area contributed by atoms with Crippen LogP contribution in [0, 0.1) is 0 Å². The quantitative estimate of drug-likeness (QED) is 0.704. The Labute approximate surface area is 139 Å². The maximum atomic E-state index is 12.4. The van der Waals surface area contributed by atoms with E-state index in [0.29, 0.717) is 6.42 Å². The highest BCUT2D eigenvalue weighted by Gasteiger charge is 2.37. The molecular formula is C19H19BrO2. The Morgan fingerprint density at radius 3 is 2.45 bits per heavy atom. The minimum atomic E-state index is -0.772. The molecule has 1 unspecified atom stereocenters. The Kier molecular flexibility index (Phi) is 5.19. The highest BCUT2D eigenvalue weighted by atomic mass is 79.9. The molecule has 0 aliphatic rings. The summed E-state index contributed by atoms with van der Waals surface area (Å²) in [5.74, 6) is -0.261. The summed E-state index contributed by atoms with van der Waals surface area (Å²) in [4.78, 5) is 12.4. The van der Waals surface area contributed by atoms with Gasteiger partial charge in [0.2, 0.25) is 0 Å². The fraction of sp³-hybridized carbons (Fsp3) is 0.211. The van der Waals surface area contributed by atoms with E-state index in [0.717, 1.165) is 21.2 Å². The first kappa shape index (κ1) is 16.5. The van der Waals surface area contributed by atoms with Crippen LogP contribution < -0.4 is 0 Å². The van der Waals surface area contributed by atoms with E-state index in [9.17, 15) is 4.79 Å². The number of carbonyl (C=O) groups excluding carboxylic acids is 1. The molecule has 0 spiro atoms. The zero-order valence-electron chi connectivity index (χ0n) is 12.8. The number of hydrogen-bond acceptors (Lipinski definition) is 2. The molecule has 0 heterocycles. The minimum Gasteiger partial charge on any atom is -0.468 e. The maximum Gasteiger partial charge on any atom is 0.316 e. The Bertz CT molecular complexity index is 679. The second-order valence-corrected chi connectivity index (χ2v) is 6.40. The minimum absolute atomic E-state index is 0.261. The summed E-state index contributed by atoms with van der Waals surface area (Å²) in [6, 6.07) is 17.7. The van der Waals surface area contributed by atoms with E-state index in [1.807, 2.05) is 61.5 Å². The Morgan fingerprint density at radius 1 is 1.18 bits per heavy atom. The highest BCUT2D eigenvalue weighted by Crippen LogP contribution is 2.36. The zero-order valence-corrected chi connectivity index (χ0v) is 14.4. The smallest absolute Gasteiger partial charge is 0.316 e. The molecule has 0 amide bonds. The standard InChI is InChI=1S/C19H19BrO2/c1-14(15-8-5-4-6-9-15)13-19(2,18(21)22-3)16-10-7-11-17(20)12-16/h4-12H,1,13H2,2-3H3. The maximum absolute atomic E-state index is 12.4. The molecule has 22 heavy (non-hydrogen) atoms. The Hall–Kier alpha value is -1.87. The highest BCUT2D eigenvalue weighted by molar-refractivity contribution is 9.10. The average Bonchev–Trinajstić information content (AvgIpc) is 2.54. The summed E-state index contributed by atoms with van der Waals surface area (Å²) >= 11 is 3.46. The van der Waals surface area contributed by atoms with Crippen molar-refractivity contribution in [1.82, 2.24) is 0 Å². The number of carbonyl (C=O) groups is 1. The van der Waals surface area contributed by atoms with Gasteiger partial charge in [-0.2, -0.15) is 0 Å². The lowest BCUT2D eigenvalue weighted by molar-refractivity contribution is -0.146. The first-order valence-corrected chi connectivity index (χ1v) is 7.84. The summed E-state index contributed by atoms with van der Waals surface area (Å²) < 4.78 is 5.99. The van der Waals surface area contributed by atoms with Gasteiger partial charge in [-0.3, -0.25) is 4.79 Å². The van der Waals surface area contributed by atoms with Crippen LogP contribution in [-0.4, -0.2) is 13.1 Å². The lowest BCUT2D eigenvalue weighted by atomic mass is 9.76. The molecule has 1 atom stereocenters. The summed E-state index contributed by atoms with van der Waals surface area (Å²) in [7, 11) is 1.42. The number of benzene rings is 2. The molecule has 2 rings (SSSR count). The fourth-order valence-electron chi connectivity index (χ4n) is 2.55. The fourth-order valence-corrected chi connectivity index (χ4v) is 2.95. The van der Waals surface area contributed by atoms with Gasteiger partial charge in [-0.15, -0.1) is 0 Å². The van der Waals surface area contributed by atoms with Crippen LogP contribution in [0.15, 0.2) is 65.6 Å². The predicted octanol–water partition coefficient (Wildman–Crippen LogP) is 4.98. The Balaban J connectivity index is 2.38. The number of halogens is 1. The third-order valence-corrected chi connectivity index (χ3v) is 4.34.